The molecule has 18 heavy (non-hydrogen) atoms. The summed E-state index contributed by atoms with van der Waals surface area (Å²) in [5.74, 6) is 0.202. The van der Waals surface area contributed by atoms with Crippen molar-refractivity contribution < 1.29 is 9.59 Å². The van der Waals surface area contributed by atoms with E-state index in [4.69, 9.17) is 0 Å². The first-order chi connectivity index (χ1) is 8.56. The van der Waals surface area contributed by atoms with E-state index in [0.717, 1.165) is 6.42 Å². The number of amides is 2. The highest BCUT2D eigenvalue weighted by molar-refractivity contribution is 5.97. The second kappa shape index (κ2) is 6.57. The van der Waals surface area contributed by atoms with Crippen LogP contribution in [0.15, 0.2) is 12.2 Å². The highest BCUT2D eigenvalue weighted by Crippen LogP contribution is 2.19. The van der Waals surface area contributed by atoms with Crippen molar-refractivity contribution in [1.82, 2.24) is 10.2 Å². The average Bonchev–Trinajstić information content (AvgIpc) is 2.38. The van der Waals surface area contributed by atoms with Gasteiger partial charge in [-0.05, 0) is 19.3 Å². The van der Waals surface area contributed by atoms with Gasteiger partial charge in [0.25, 0.3) is 0 Å². The molecule has 0 bridgehead atoms. The zero-order chi connectivity index (χ0) is 13.7. The van der Waals surface area contributed by atoms with Gasteiger partial charge >= 0.3 is 0 Å². The smallest absolute Gasteiger partial charge is 0.246 e. The third kappa shape index (κ3) is 2.92. The Morgan fingerprint density at radius 3 is 2.56 bits per heavy atom. The van der Waals surface area contributed by atoms with Gasteiger partial charge in [-0.15, -0.1) is 0 Å². The van der Waals surface area contributed by atoms with Crippen LogP contribution in [0.4, 0.5) is 0 Å². The lowest BCUT2D eigenvalue weighted by atomic mass is 9.93. The molecule has 1 N–H and O–H groups in total. The molecule has 2 amide bonds. The van der Waals surface area contributed by atoms with E-state index >= 15 is 0 Å². The summed E-state index contributed by atoms with van der Waals surface area (Å²) in [5.41, 5.74) is 0. The predicted octanol–water partition coefficient (Wildman–Crippen LogP) is 1.71. The molecule has 0 spiro atoms. The summed E-state index contributed by atoms with van der Waals surface area (Å²) in [6.45, 7) is 8.41. The van der Waals surface area contributed by atoms with E-state index in [9.17, 15) is 9.59 Å². The van der Waals surface area contributed by atoms with Crippen molar-refractivity contribution in [2.24, 2.45) is 5.92 Å². The van der Waals surface area contributed by atoms with E-state index in [1.54, 1.807) is 4.90 Å². The van der Waals surface area contributed by atoms with E-state index < -0.39 is 0 Å². The van der Waals surface area contributed by atoms with Crippen LogP contribution in [0.3, 0.4) is 0 Å². The van der Waals surface area contributed by atoms with Crippen molar-refractivity contribution >= 4 is 11.8 Å². The van der Waals surface area contributed by atoms with Crippen LogP contribution in [0.1, 0.15) is 40.5 Å². The van der Waals surface area contributed by atoms with E-state index in [1.165, 1.54) is 0 Å². The largest absolute Gasteiger partial charge is 0.342 e. The number of allylic oxidation sites excluding steroid dienone is 1. The van der Waals surface area contributed by atoms with Gasteiger partial charge in [-0.25, -0.2) is 0 Å². The highest BCUT2D eigenvalue weighted by atomic mass is 16.2. The number of nitrogens with one attached hydrogen (secondary N) is 1. The maximum atomic E-state index is 12.4. The fourth-order valence-electron chi connectivity index (χ4n) is 2.25. The molecule has 4 heteroatoms. The highest BCUT2D eigenvalue weighted by Gasteiger charge is 2.40. The maximum Gasteiger partial charge on any atom is 0.246 e. The van der Waals surface area contributed by atoms with Gasteiger partial charge in [0.1, 0.15) is 12.1 Å². The van der Waals surface area contributed by atoms with Crippen molar-refractivity contribution in [3.63, 3.8) is 0 Å². The van der Waals surface area contributed by atoms with Gasteiger partial charge in [0.15, 0.2) is 0 Å². The molecule has 1 aliphatic rings. The van der Waals surface area contributed by atoms with Crippen LogP contribution in [0.5, 0.6) is 0 Å². The molecule has 1 aliphatic heterocycles. The Morgan fingerprint density at radius 1 is 1.39 bits per heavy atom. The number of carbonyl (C=O) groups excluding carboxylic acids is 2. The Bertz CT molecular complexity index is 339. The number of piperazine rings is 1. The maximum absolute atomic E-state index is 12.4. The Hall–Kier alpha value is -1.32. The molecular weight excluding hydrogens is 228 g/mol. The van der Waals surface area contributed by atoms with Gasteiger partial charge in [-0.1, -0.05) is 39.3 Å². The third-order valence-corrected chi connectivity index (χ3v) is 3.66. The standard InChI is InChI=1S/C14H24N2O2/c1-5-8-9-16-11(7-3)13(17)15-12(14(16)18)10(4)6-2/h5,8,10-12H,6-7,9H2,1-4H3,(H,15,17)/b8-5+. The van der Waals surface area contributed by atoms with Gasteiger partial charge in [-0.3, -0.25) is 9.59 Å². The minimum atomic E-state index is -0.365. The zero-order valence-corrected chi connectivity index (χ0v) is 11.8. The first-order valence-corrected chi connectivity index (χ1v) is 6.78. The lowest BCUT2D eigenvalue weighted by molar-refractivity contribution is -0.150. The molecule has 4 nitrogen and oxygen atoms in total. The summed E-state index contributed by atoms with van der Waals surface area (Å²) in [5, 5.41) is 2.87. The van der Waals surface area contributed by atoms with Crippen molar-refractivity contribution in [3.8, 4) is 0 Å². The number of rotatable bonds is 5. The number of hydrogen-bond donors (Lipinski definition) is 1. The Morgan fingerprint density at radius 2 is 2.06 bits per heavy atom. The van der Waals surface area contributed by atoms with Crippen molar-refractivity contribution in [1.29, 1.82) is 0 Å². The summed E-state index contributed by atoms with van der Waals surface area (Å²) in [4.78, 5) is 26.2. The first kappa shape index (κ1) is 14.7. The summed E-state index contributed by atoms with van der Waals surface area (Å²) in [6.07, 6.45) is 5.37. The van der Waals surface area contributed by atoms with Crippen LogP contribution in [-0.4, -0.2) is 35.3 Å². The molecule has 0 aliphatic carbocycles. The fraction of sp³-hybridized carbons (Fsp3) is 0.714. The average molecular weight is 252 g/mol. The van der Waals surface area contributed by atoms with E-state index in [2.05, 4.69) is 5.32 Å². The number of nitrogens with zero attached hydrogens (tertiary/aromatic N) is 1. The minimum absolute atomic E-state index is 0.0214. The summed E-state index contributed by atoms with van der Waals surface area (Å²) < 4.78 is 0. The van der Waals surface area contributed by atoms with Gasteiger partial charge < -0.3 is 10.2 Å². The molecule has 0 saturated carbocycles. The van der Waals surface area contributed by atoms with Gasteiger partial charge in [-0.2, -0.15) is 0 Å². The molecule has 0 radical (unpaired) electrons. The van der Waals surface area contributed by atoms with Crippen LogP contribution in [-0.2, 0) is 9.59 Å². The van der Waals surface area contributed by atoms with Crippen molar-refractivity contribution in [2.45, 2.75) is 52.6 Å². The zero-order valence-electron chi connectivity index (χ0n) is 11.8. The third-order valence-electron chi connectivity index (χ3n) is 3.66. The molecule has 3 atom stereocenters. The molecule has 0 aromatic carbocycles. The molecule has 0 aromatic rings. The summed E-state index contributed by atoms with van der Waals surface area (Å²) in [7, 11) is 0. The van der Waals surface area contributed by atoms with E-state index in [0.29, 0.717) is 13.0 Å². The lowest BCUT2D eigenvalue weighted by Crippen LogP contribution is -2.64. The van der Waals surface area contributed by atoms with Crippen LogP contribution in [0.25, 0.3) is 0 Å². The predicted molar refractivity (Wildman–Crippen MR) is 72.0 cm³/mol. The van der Waals surface area contributed by atoms with Gasteiger partial charge in [0, 0.05) is 6.54 Å². The summed E-state index contributed by atoms with van der Waals surface area (Å²) in [6, 6.07) is -0.690. The van der Waals surface area contributed by atoms with Crippen LogP contribution < -0.4 is 5.32 Å². The monoisotopic (exact) mass is 252 g/mol. The molecule has 102 valence electrons. The van der Waals surface area contributed by atoms with Crippen LogP contribution in [0.2, 0.25) is 0 Å². The molecular formula is C14H24N2O2. The van der Waals surface area contributed by atoms with E-state index in [-0.39, 0.29) is 29.8 Å². The molecule has 0 aromatic heterocycles. The molecule has 1 heterocycles. The topological polar surface area (TPSA) is 49.4 Å². The fourth-order valence-corrected chi connectivity index (χ4v) is 2.25. The van der Waals surface area contributed by atoms with Crippen molar-refractivity contribution in [2.75, 3.05) is 6.54 Å². The van der Waals surface area contributed by atoms with Crippen LogP contribution >= 0.6 is 0 Å². The molecule has 3 unspecified atom stereocenters. The second-order valence-corrected chi connectivity index (χ2v) is 4.86. The SMILES string of the molecule is C/C=C/CN1C(=O)C(C(C)CC)NC(=O)C1CC. The van der Waals surface area contributed by atoms with Gasteiger partial charge in [0.05, 0.1) is 0 Å². The number of carbonyl (C=O) groups is 2. The second-order valence-electron chi connectivity index (χ2n) is 4.86. The normalized spacial score (nSPS) is 26.6. The minimum Gasteiger partial charge on any atom is -0.342 e. The Balaban J connectivity index is 2.92. The molecule has 1 fully saturated rings. The quantitative estimate of drug-likeness (QED) is 0.757. The van der Waals surface area contributed by atoms with Crippen molar-refractivity contribution in [3.05, 3.63) is 12.2 Å². The van der Waals surface area contributed by atoms with E-state index in [1.807, 2.05) is 39.8 Å². The Kier molecular flexibility index (Phi) is 5.38. The van der Waals surface area contributed by atoms with Gasteiger partial charge in [0.2, 0.25) is 11.8 Å². The number of hydrogen-bond acceptors (Lipinski definition) is 2. The summed E-state index contributed by atoms with van der Waals surface area (Å²) >= 11 is 0. The molecule has 1 rings (SSSR count). The first-order valence-electron chi connectivity index (χ1n) is 6.78. The Labute approximate surface area is 109 Å². The van der Waals surface area contributed by atoms with Crippen LogP contribution in [0, 0.1) is 5.92 Å². The lowest BCUT2D eigenvalue weighted by Gasteiger charge is -2.40. The molecule has 1 saturated heterocycles.